The number of halogens is 2. The van der Waals surface area contributed by atoms with Crippen LogP contribution in [0.5, 0.6) is 0 Å². The zero-order valence-electron chi connectivity index (χ0n) is 11.3. The highest BCUT2D eigenvalue weighted by molar-refractivity contribution is 5.27. The maximum atomic E-state index is 13.8. The van der Waals surface area contributed by atoms with Gasteiger partial charge in [0.2, 0.25) is 0 Å². The Kier molecular flexibility index (Phi) is 4.00. The molecule has 2 rings (SSSR count). The lowest BCUT2D eigenvalue weighted by Gasteiger charge is -2.18. The molecule has 0 spiro atoms. The molecule has 0 amide bonds. The van der Waals surface area contributed by atoms with Crippen molar-refractivity contribution in [1.29, 1.82) is 0 Å². The monoisotopic (exact) mass is 253 g/mol. The van der Waals surface area contributed by atoms with Gasteiger partial charge in [-0.25, -0.2) is 8.78 Å². The van der Waals surface area contributed by atoms with E-state index in [1.807, 2.05) is 6.92 Å². The summed E-state index contributed by atoms with van der Waals surface area (Å²) in [6.45, 7) is 6.53. The van der Waals surface area contributed by atoms with Gasteiger partial charge in [0.15, 0.2) is 0 Å². The number of hydrogen-bond donors (Lipinski definition) is 1. The number of aryl methyl sites for hydroxylation is 1. The number of benzene rings is 1. The summed E-state index contributed by atoms with van der Waals surface area (Å²) in [5.41, 5.74) is 0.774. The molecule has 3 heteroatoms. The van der Waals surface area contributed by atoms with Crippen LogP contribution < -0.4 is 5.32 Å². The Bertz CT molecular complexity index is 427. The maximum Gasteiger partial charge on any atom is 0.128 e. The summed E-state index contributed by atoms with van der Waals surface area (Å²) in [4.78, 5) is 0. The van der Waals surface area contributed by atoms with Crippen molar-refractivity contribution in [3.63, 3.8) is 0 Å². The summed E-state index contributed by atoms with van der Waals surface area (Å²) in [6, 6.07) is 2.43. The Morgan fingerprint density at radius 3 is 2.50 bits per heavy atom. The van der Waals surface area contributed by atoms with E-state index in [9.17, 15) is 8.78 Å². The van der Waals surface area contributed by atoms with E-state index >= 15 is 0 Å². The lowest BCUT2D eigenvalue weighted by atomic mass is 10.0. The lowest BCUT2D eigenvalue weighted by Crippen LogP contribution is -2.26. The van der Waals surface area contributed by atoms with Crippen LogP contribution in [0.4, 0.5) is 8.78 Å². The molecule has 2 atom stereocenters. The molecule has 18 heavy (non-hydrogen) atoms. The minimum absolute atomic E-state index is 0.152. The van der Waals surface area contributed by atoms with Crippen LogP contribution in [0.2, 0.25) is 0 Å². The topological polar surface area (TPSA) is 12.0 Å². The van der Waals surface area contributed by atoms with Crippen LogP contribution in [0.1, 0.15) is 43.9 Å². The standard InChI is InChI=1S/C15H21F2N/c1-9-6-15(17)13(7-14(9)16)11(3)18-8-10(2)12-4-5-12/h6-7,10-12,18H,4-5,8H2,1-3H3. The molecule has 1 aromatic rings. The van der Waals surface area contributed by atoms with Crippen molar-refractivity contribution in [2.75, 3.05) is 6.54 Å². The number of rotatable bonds is 5. The highest BCUT2D eigenvalue weighted by atomic mass is 19.1. The Morgan fingerprint density at radius 1 is 1.22 bits per heavy atom. The molecule has 1 nitrogen and oxygen atoms in total. The largest absolute Gasteiger partial charge is 0.310 e. The molecule has 1 aliphatic rings. The van der Waals surface area contributed by atoms with Crippen LogP contribution in [-0.2, 0) is 0 Å². The van der Waals surface area contributed by atoms with Gasteiger partial charge >= 0.3 is 0 Å². The molecule has 0 bridgehead atoms. The van der Waals surface area contributed by atoms with Gasteiger partial charge in [0.05, 0.1) is 0 Å². The Labute approximate surface area is 108 Å². The summed E-state index contributed by atoms with van der Waals surface area (Å²) in [5, 5.41) is 3.30. The van der Waals surface area contributed by atoms with Crippen molar-refractivity contribution < 1.29 is 8.78 Å². The van der Waals surface area contributed by atoms with Crippen LogP contribution in [0.25, 0.3) is 0 Å². The fourth-order valence-corrected chi connectivity index (χ4v) is 2.30. The first kappa shape index (κ1) is 13.5. The van der Waals surface area contributed by atoms with Crippen molar-refractivity contribution in [2.24, 2.45) is 11.8 Å². The average Bonchev–Trinajstić information content (AvgIpc) is 3.14. The molecule has 1 fully saturated rings. The SMILES string of the molecule is Cc1cc(F)c(C(C)NCC(C)C2CC2)cc1F. The van der Waals surface area contributed by atoms with Gasteiger partial charge in [0, 0.05) is 11.6 Å². The first-order chi connectivity index (χ1) is 8.49. The molecule has 0 aliphatic heterocycles. The van der Waals surface area contributed by atoms with E-state index in [-0.39, 0.29) is 17.7 Å². The van der Waals surface area contributed by atoms with Crippen molar-refractivity contribution in [3.05, 3.63) is 34.9 Å². The zero-order chi connectivity index (χ0) is 13.3. The zero-order valence-corrected chi connectivity index (χ0v) is 11.3. The van der Waals surface area contributed by atoms with E-state index in [0.29, 0.717) is 17.0 Å². The van der Waals surface area contributed by atoms with Crippen LogP contribution in [0.15, 0.2) is 12.1 Å². The van der Waals surface area contributed by atoms with Gasteiger partial charge in [-0.2, -0.15) is 0 Å². The molecule has 0 heterocycles. The Hall–Kier alpha value is -0.960. The summed E-state index contributed by atoms with van der Waals surface area (Å²) in [7, 11) is 0. The van der Waals surface area contributed by atoms with Crippen LogP contribution in [0.3, 0.4) is 0 Å². The van der Waals surface area contributed by atoms with E-state index in [4.69, 9.17) is 0 Å². The second kappa shape index (κ2) is 5.35. The normalized spacial score (nSPS) is 18.7. The highest BCUT2D eigenvalue weighted by Gasteiger charge is 2.28. The molecule has 100 valence electrons. The maximum absolute atomic E-state index is 13.8. The number of nitrogens with one attached hydrogen (secondary N) is 1. The fourth-order valence-electron chi connectivity index (χ4n) is 2.30. The predicted octanol–water partition coefficient (Wildman–Crippen LogP) is 3.97. The average molecular weight is 253 g/mol. The molecule has 2 unspecified atom stereocenters. The van der Waals surface area contributed by atoms with E-state index < -0.39 is 0 Å². The molecular weight excluding hydrogens is 232 g/mol. The van der Waals surface area contributed by atoms with Crippen molar-refractivity contribution in [1.82, 2.24) is 5.32 Å². The molecular formula is C15H21F2N. The quantitative estimate of drug-likeness (QED) is 0.837. The molecule has 0 radical (unpaired) electrons. The summed E-state index contributed by atoms with van der Waals surface area (Å²) in [5.74, 6) is 0.776. The third kappa shape index (κ3) is 3.08. The van der Waals surface area contributed by atoms with E-state index in [0.717, 1.165) is 12.5 Å². The van der Waals surface area contributed by atoms with Gasteiger partial charge in [-0.1, -0.05) is 6.92 Å². The first-order valence-electron chi connectivity index (χ1n) is 6.68. The second-order valence-electron chi connectivity index (χ2n) is 5.57. The molecule has 0 saturated heterocycles. The van der Waals surface area contributed by atoms with E-state index in [2.05, 4.69) is 12.2 Å². The van der Waals surface area contributed by atoms with Crippen LogP contribution in [0, 0.1) is 30.4 Å². The number of hydrogen-bond acceptors (Lipinski definition) is 1. The van der Waals surface area contributed by atoms with Gasteiger partial charge in [-0.3, -0.25) is 0 Å². The highest BCUT2D eigenvalue weighted by Crippen LogP contribution is 2.36. The summed E-state index contributed by atoms with van der Waals surface area (Å²) in [6.07, 6.45) is 2.62. The van der Waals surface area contributed by atoms with Crippen molar-refractivity contribution >= 4 is 0 Å². The van der Waals surface area contributed by atoms with Gasteiger partial charge in [-0.05, 0) is 62.8 Å². The Balaban J connectivity index is 1.99. The summed E-state index contributed by atoms with van der Waals surface area (Å²) < 4.78 is 27.2. The van der Waals surface area contributed by atoms with Gasteiger partial charge in [-0.15, -0.1) is 0 Å². The van der Waals surface area contributed by atoms with E-state index in [1.165, 1.54) is 25.0 Å². The Morgan fingerprint density at radius 2 is 1.89 bits per heavy atom. The molecule has 1 aromatic carbocycles. The predicted molar refractivity (Wildman–Crippen MR) is 69.4 cm³/mol. The van der Waals surface area contributed by atoms with Crippen LogP contribution >= 0.6 is 0 Å². The fraction of sp³-hybridized carbons (Fsp3) is 0.600. The smallest absolute Gasteiger partial charge is 0.128 e. The summed E-state index contributed by atoms with van der Waals surface area (Å²) >= 11 is 0. The first-order valence-corrected chi connectivity index (χ1v) is 6.68. The third-order valence-corrected chi connectivity index (χ3v) is 3.92. The third-order valence-electron chi connectivity index (χ3n) is 3.92. The van der Waals surface area contributed by atoms with Crippen molar-refractivity contribution in [2.45, 2.75) is 39.7 Å². The molecule has 1 N–H and O–H groups in total. The molecule has 1 aliphatic carbocycles. The molecule has 1 saturated carbocycles. The van der Waals surface area contributed by atoms with E-state index in [1.54, 1.807) is 6.92 Å². The molecule has 0 aromatic heterocycles. The van der Waals surface area contributed by atoms with Crippen molar-refractivity contribution in [3.8, 4) is 0 Å². The minimum atomic E-state index is -0.338. The van der Waals surface area contributed by atoms with Crippen LogP contribution in [-0.4, -0.2) is 6.54 Å². The minimum Gasteiger partial charge on any atom is -0.310 e. The van der Waals surface area contributed by atoms with Gasteiger partial charge in [0.1, 0.15) is 11.6 Å². The lowest BCUT2D eigenvalue weighted by molar-refractivity contribution is 0.423. The van der Waals surface area contributed by atoms with Gasteiger partial charge in [0.25, 0.3) is 0 Å². The second-order valence-corrected chi connectivity index (χ2v) is 5.57. The van der Waals surface area contributed by atoms with Gasteiger partial charge < -0.3 is 5.32 Å².